The normalized spacial score (nSPS) is 11.7. The van der Waals surface area contributed by atoms with Gasteiger partial charge in [0.1, 0.15) is 10.6 Å². The molecule has 0 amide bonds. The van der Waals surface area contributed by atoms with Crippen LogP contribution in [0.4, 0.5) is 0 Å². The summed E-state index contributed by atoms with van der Waals surface area (Å²) in [5.74, 6) is -1.19. The number of carboxylic acids is 1. The van der Waals surface area contributed by atoms with Crippen LogP contribution in [-0.4, -0.2) is 42.9 Å². The monoisotopic (exact) mass is 230 g/mol. The zero-order valence-corrected chi connectivity index (χ0v) is 9.02. The lowest BCUT2D eigenvalue weighted by molar-refractivity contribution is 0.0690. The molecule has 1 heterocycles. The molecule has 0 aromatic carbocycles. The minimum absolute atomic E-state index is 0.0301. The molecule has 0 fully saturated rings. The number of nitrogens with zero attached hydrogens (tertiary/aromatic N) is 2. The molecule has 15 heavy (non-hydrogen) atoms. The van der Waals surface area contributed by atoms with Gasteiger partial charge in [-0.2, -0.15) is 0 Å². The van der Waals surface area contributed by atoms with E-state index in [2.05, 4.69) is 4.98 Å². The van der Waals surface area contributed by atoms with E-state index in [0.29, 0.717) is 0 Å². The van der Waals surface area contributed by atoms with Crippen molar-refractivity contribution in [2.24, 2.45) is 0 Å². The molecule has 1 rings (SSSR count). The van der Waals surface area contributed by atoms with Crippen molar-refractivity contribution in [2.45, 2.75) is 4.90 Å². The van der Waals surface area contributed by atoms with Gasteiger partial charge in [-0.05, 0) is 12.1 Å². The molecule has 0 atom stereocenters. The highest BCUT2D eigenvalue weighted by atomic mass is 32.2. The van der Waals surface area contributed by atoms with Crippen molar-refractivity contribution in [3.05, 3.63) is 24.0 Å². The van der Waals surface area contributed by atoms with E-state index in [1.807, 2.05) is 0 Å². The average Bonchev–Trinajstić information content (AvgIpc) is 2.17. The van der Waals surface area contributed by atoms with Crippen LogP contribution in [0.15, 0.2) is 23.2 Å². The number of aromatic carboxylic acids is 1. The van der Waals surface area contributed by atoms with E-state index in [1.165, 1.54) is 20.2 Å². The molecule has 6 nitrogen and oxygen atoms in total. The van der Waals surface area contributed by atoms with Crippen molar-refractivity contribution < 1.29 is 18.3 Å². The van der Waals surface area contributed by atoms with Crippen LogP contribution in [0, 0.1) is 0 Å². The Labute approximate surface area is 87.2 Å². The lowest BCUT2D eigenvalue weighted by atomic mass is 10.4. The van der Waals surface area contributed by atoms with E-state index in [-0.39, 0.29) is 10.6 Å². The predicted molar refractivity (Wildman–Crippen MR) is 52.1 cm³/mol. The fourth-order valence-electron chi connectivity index (χ4n) is 0.870. The molecule has 7 heteroatoms. The third-order valence-corrected chi connectivity index (χ3v) is 3.53. The first-order valence-electron chi connectivity index (χ1n) is 3.97. The number of aromatic nitrogens is 1. The lowest BCUT2D eigenvalue weighted by Crippen LogP contribution is -2.22. The maximum atomic E-state index is 11.6. The first kappa shape index (κ1) is 11.6. The largest absolute Gasteiger partial charge is 0.477 e. The van der Waals surface area contributed by atoms with Crippen LogP contribution < -0.4 is 0 Å². The molecule has 1 N–H and O–H groups in total. The molecular formula is C8H10N2O4S. The number of sulfonamides is 1. The standard InChI is InChI=1S/C8H10N2O4S/c1-10(2)15(13,14)6-3-4-7(8(11)12)9-5-6/h3-5H,1-2H3,(H,11,12). The smallest absolute Gasteiger partial charge is 0.354 e. The highest BCUT2D eigenvalue weighted by Crippen LogP contribution is 2.11. The molecule has 82 valence electrons. The fraction of sp³-hybridized carbons (Fsp3) is 0.250. The van der Waals surface area contributed by atoms with E-state index < -0.39 is 16.0 Å². The molecule has 0 aliphatic rings. The molecule has 0 aliphatic heterocycles. The van der Waals surface area contributed by atoms with Gasteiger partial charge in [-0.15, -0.1) is 0 Å². The van der Waals surface area contributed by atoms with Gasteiger partial charge < -0.3 is 5.11 Å². The number of carbonyl (C=O) groups is 1. The highest BCUT2D eigenvalue weighted by molar-refractivity contribution is 7.89. The zero-order valence-electron chi connectivity index (χ0n) is 8.21. The molecule has 0 unspecified atom stereocenters. The van der Waals surface area contributed by atoms with Gasteiger partial charge in [0.15, 0.2) is 0 Å². The van der Waals surface area contributed by atoms with Gasteiger partial charge in [-0.25, -0.2) is 22.5 Å². The van der Waals surface area contributed by atoms with E-state index in [4.69, 9.17) is 5.11 Å². The fourth-order valence-corrected chi connectivity index (χ4v) is 1.72. The first-order valence-corrected chi connectivity index (χ1v) is 5.41. The van der Waals surface area contributed by atoms with Crippen LogP contribution in [0.2, 0.25) is 0 Å². The van der Waals surface area contributed by atoms with Crippen LogP contribution in [0.3, 0.4) is 0 Å². The summed E-state index contributed by atoms with van der Waals surface area (Å²) in [4.78, 5) is 14.0. The van der Waals surface area contributed by atoms with Crippen LogP contribution in [0.1, 0.15) is 10.5 Å². The minimum atomic E-state index is -3.54. The van der Waals surface area contributed by atoms with Crippen LogP contribution in [0.25, 0.3) is 0 Å². The number of hydrogen-bond donors (Lipinski definition) is 1. The van der Waals surface area contributed by atoms with Crippen molar-refractivity contribution in [3.63, 3.8) is 0 Å². The summed E-state index contributed by atoms with van der Waals surface area (Å²) >= 11 is 0. The SMILES string of the molecule is CN(C)S(=O)(=O)c1ccc(C(=O)O)nc1. The zero-order chi connectivity index (χ0) is 11.6. The van der Waals surface area contributed by atoms with Crippen molar-refractivity contribution in [1.82, 2.24) is 9.29 Å². The summed E-state index contributed by atoms with van der Waals surface area (Å²) in [6.07, 6.45) is 1.03. The van der Waals surface area contributed by atoms with E-state index in [0.717, 1.165) is 16.6 Å². The van der Waals surface area contributed by atoms with Gasteiger partial charge >= 0.3 is 5.97 Å². The van der Waals surface area contributed by atoms with Crippen molar-refractivity contribution in [2.75, 3.05) is 14.1 Å². The molecule has 1 aromatic rings. The Bertz CT molecular complexity index is 464. The average molecular weight is 230 g/mol. The Hall–Kier alpha value is -1.47. The number of pyridine rings is 1. The second-order valence-corrected chi connectivity index (χ2v) is 5.12. The Morgan fingerprint density at radius 3 is 2.33 bits per heavy atom. The molecule has 0 saturated heterocycles. The summed E-state index contributed by atoms with van der Waals surface area (Å²) in [6.45, 7) is 0. The van der Waals surface area contributed by atoms with Crippen LogP contribution in [0.5, 0.6) is 0 Å². The van der Waals surface area contributed by atoms with Crippen molar-refractivity contribution >= 4 is 16.0 Å². The maximum Gasteiger partial charge on any atom is 0.354 e. The Morgan fingerprint density at radius 1 is 1.40 bits per heavy atom. The molecule has 0 saturated carbocycles. The van der Waals surface area contributed by atoms with Gasteiger partial charge in [0.05, 0.1) is 0 Å². The summed E-state index contributed by atoms with van der Waals surface area (Å²) in [5, 5.41) is 8.57. The number of rotatable bonds is 3. The summed E-state index contributed by atoms with van der Waals surface area (Å²) in [5.41, 5.74) is -0.187. The van der Waals surface area contributed by atoms with Crippen molar-refractivity contribution in [1.29, 1.82) is 0 Å². The quantitative estimate of drug-likeness (QED) is 0.791. The Morgan fingerprint density at radius 2 is 2.00 bits per heavy atom. The first-order chi connectivity index (χ1) is 6.85. The number of carboxylic acid groups (broad SMARTS) is 1. The Kier molecular flexibility index (Phi) is 3.06. The lowest BCUT2D eigenvalue weighted by Gasteiger charge is -2.10. The second-order valence-electron chi connectivity index (χ2n) is 2.97. The maximum absolute atomic E-state index is 11.6. The second kappa shape index (κ2) is 3.95. The molecule has 1 aromatic heterocycles. The predicted octanol–water partition coefficient (Wildman–Crippen LogP) is 0.0301. The minimum Gasteiger partial charge on any atom is -0.477 e. The van der Waals surface area contributed by atoms with Gasteiger partial charge in [-0.1, -0.05) is 0 Å². The molecule has 0 bridgehead atoms. The molecule has 0 aliphatic carbocycles. The van der Waals surface area contributed by atoms with Gasteiger partial charge in [0, 0.05) is 20.3 Å². The van der Waals surface area contributed by atoms with Gasteiger partial charge in [0.2, 0.25) is 10.0 Å². The van der Waals surface area contributed by atoms with Gasteiger partial charge in [-0.3, -0.25) is 0 Å². The topological polar surface area (TPSA) is 87.6 Å². The van der Waals surface area contributed by atoms with Crippen molar-refractivity contribution in [3.8, 4) is 0 Å². The molecule has 0 spiro atoms. The van der Waals surface area contributed by atoms with Gasteiger partial charge in [0.25, 0.3) is 0 Å². The highest BCUT2D eigenvalue weighted by Gasteiger charge is 2.17. The Balaban J connectivity index is 3.15. The van der Waals surface area contributed by atoms with E-state index in [1.54, 1.807) is 0 Å². The van der Waals surface area contributed by atoms with Crippen LogP contribution in [-0.2, 0) is 10.0 Å². The third-order valence-electron chi connectivity index (χ3n) is 1.73. The third kappa shape index (κ3) is 2.31. The van der Waals surface area contributed by atoms with E-state index >= 15 is 0 Å². The summed E-state index contributed by atoms with van der Waals surface area (Å²) in [6, 6.07) is 2.37. The summed E-state index contributed by atoms with van der Waals surface area (Å²) in [7, 11) is -0.763. The van der Waals surface area contributed by atoms with Crippen LogP contribution >= 0.6 is 0 Å². The molecule has 0 radical (unpaired) electrons. The summed E-state index contributed by atoms with van der Waals surface area (Å²) < 4.78 is 24.1. The molecular weight excluding hydrogens is 220 g/mol. The van der Waals surface area contributed by atoms with E-state index in [9.17, 15) is 13.2 Å². The number of hydrogen-bond acceptors (Lipinski definition) is 4.